The Morgan fingerprint density at radius 2 is 2.15 bits per heavy atom. The number of halogens is 1. The standard InChI is InChI=1S/C16H22ClNO2/c1-4-18-14(7-11(2)10-19-3)16-9-12-8-13(17)5-6-15(12)20-16/h5-6,8-9,11,14,18H,4,7,10H2,1-3H3. The van der Waals surface area contributed by atoms with E-state index in [1.807, 2.05) is 18.2 Å². The van der Waals surface area contributed by atoms with Crippen molar-refractivity contribution in [3.8, 4) is 0 Å². The van der Waals surface area contributed by atoms with Crippen molar-refractivity contribution >= 4 is 22.6 Å². The fraction of sp³-hybridized carbons (Fsp3) is 0.500. The van der Waals surface area contributed by atoms with Gasteiger partial charge in [-0.2, -0.15) is 0 Å². The number of rotatable bonds is 7. The fourth-order valence-electron chi connectivity index (χ4n) is 2.51. The van der Waals surface area contributed by atoms with E-state index in [1.165, 1.54) is 0 Å². The molecule has 0 aliphatic rings. The second-order valence-corrected chi connectivity index (χ2v) is 5.67. The molecule has 0 radical (unpaired) electrons. The first kappa shape index (κ1) is 15.4. The molecule has 2 atom stereocenters. The molecule has 0 aliphatic carbocycles. The maximum atomic E-state index is 6.02. The molecule has 0 bridgehead atoms. The summed E-state index contributed by atoms with van der Waals surface area (Å²) in [6.07, 6.45) is 0.981. The summed E-state index contributed by atoms with van der Waals surface area (Å²) >= 11 is 6.02. The highest BCUT2D eigenvalue weighted by Gasteiger charge is 2.18. The molecule has 2 aromatic rings. The van der Waals surface area contributed by atoms with Crippen LogP contribution in [0.4, 0.5) is 0 Å². The minimum Gasteiger partial charge on any atom is -0.459 e. The Balaban J connectivity index is 2.21. The lowest BCUT2D eigenvalue weighted by Gasteiger charge is -2.19. The summed E-state index contributed by atoms with van der Waals surface area (Å²) in [5.74, 6) is 1.44. The molecule has 1 aromatic heterocycles. The topological polar surface area (TPSA) is 34.4 Å². The fourth-order valence-corrected chi connectivity index (χ4v) is 2.69. The average Bonchev–Trinajstić information content (AvgIpc) is 2.81. The average molecular weight is 296 g/mol. The monoisotopic (exact) mass is 295 g/mol. The lowest BCUT2D eigenvalue weighted by Crippen LogP contribution is -2.23. The zero-order valence-corrected chi connectivity index (χ0v) is 13.0. The molecule has 110 valence electrons. The first-order valence-electron chi connectivity index (χ1n) is 7.05. The molecule has 0 aliphatic heterocycles. The number of ether oxygens (including phenoxy) is 1. The predicted molar refractivity (Wildman–Crippen MR) is 83.3 cm³/mol. The molecule has 1 aromatic carbocycles. The Hall–Kier alpha value is -1.03. The third-order valence-electron chi connectivity index (χ3n) is 3.38. The molecule has 20 heavy (non-hydrogen) atoms. The molecule has 0 amide bonds. The van der Waals surface area contributed by atoms with Crippen molar-refractivity contribution in [1.29, 1.82) is 0 Å². The molecule has 0 saturated heterocycles. The molecule has 0 saturated carbocycles. The van der Waals surface area contributed by atoms with E-state index >= 15 is 0 Å². The van der Waals surface area contributed by atoms with Crippen LogP contribution in [0.1, 0.15) is 32.1 Å². The van der Waals surface area contributed by atoms with Crippen molar-refractivity contribution in [1.82, 2.24) is 5.32 Å². The molecule has 1 N–H and O–H groups in total. The summed E-state index contributed by atoms with van der Waals surface area (Å²) in [6.45, 7) is 5.96. The largest absolute Gasteiger partial charge is 0.459 e. The highest BCUT2D eigenvalue weighted by atomic mass is 35.5. The highest BCUT2D eigenvalue weighted by Crippen LogP contribution is 2.29. The minimum absolute atomic E-state index is 0.205. The van der Waals surface area contributed by atoms with Crippen LogP contribution in [0, 0.1) is 5.92 Å². The summed E-state index contributed by atoms with van der Waals surface area (Å²) in [6, 6.07) is 7.99. The number of benzene rings is 1. The smallest absolute Gasteiger partial charge is 0.134 e. The number of furan rings is 1. The molecule has 4 heteroatoms. The summed E-state index contributed by atoms with van der Waals surface area (Å²) < 4.78 is 11.2. The van der Waals surface area contributed by atoms with Gasteiger partial charge in [0.25, 0.3) is 0 Å². The van der Waals surface area contributed by atoms with Crippen molar-refractivity contribution in [2.45, 2.75) is 26.3 Å². The molecule has 0 spiro atoms. The number of hydrogen-bond donors (Lipinski definition) is 1. The van der Waals surface area contributed by atoms with E-state index in [9.17, 15) is 0 Å². The van der Waals surface area contributed by atoms with Gasteiger partial charge in [-0.05, 0) is 43.1 Å². The van der Waals surface area contributed by atoms with Gasteiger partial charge in [0.05, 0.1) is 6.04 Å². The van der Waals surface area contributed by atoms with Crippen LogP contribution in [0.3, 0.4) is 0 Å². The second kappa shape index (κ2) is 7.11. The van der Waals surface area contributed by atoms with Crippen molar-refractivity contribution < 1.29 is 9.15 Å². The lowest BCUT2D eigenvalue weighted by atomic mass is 10.0. The van der Waals surface area contributed by atoms with E-state index in [0.717, 1.165) is 41.3 Å². The van der Waals surface area contributed by atoms with Gasteiger partial charge < -0.3 is 14.5 Å². The summed E-state index contributed by atoms with van der Waals surface area (Å²) in [5, 5.41) is 5.27. The molecule has 2 rings (SSSR count). The van der Waals surface area contributed by atoms with Gasteiger partial charge in [-0.15, -0.1) is 0 Å². The minimum atomic E-state index is 0.205. The summed E-state index contributed by atoms with van der Waals surface area (Å²) in [4.78, 5) is 0. The Kier molecular flexibility index (Phi) is 5.46. The van der Waals surface area contributed by atoms with Gasteiger partial charge in [0.2, 0.25) is 0 Å². The van der Waals surface area contributed by atoms with Crippen LogP contribution >= 0.6 is 11.6 Å². The molecule has 2 unspecified atom stereocenters. The van der Waals surface area contributed by atoms with Crippen molar-refractivity contribution in [2.75, 3.05) is 20.3 Å². The maximum Gasteiger partial charge on any atom is 0.134 e. The first-order valence-corrected chi connectivity index (χ1v) is 7.43. The van der Waals surface area contributed by atoms with Gasteiger partial charge in [0, 0.05) is 24.1 Å². The number of hydrogen-bond acceptors (Lipinski definition) is 3. The van der Waals surface area contributed by atoms with E-state index in [1.54, 1.807) is 7.11 Å². The Morgan fingerprint density at radius 3 is 2.85 bits per heavy atom. The van der Waals surface area contributed by atoms with Crippen LogP contribution in [0.5, 0.6) is 0 Å². The maximum absolute atomic E-state index is 6.02. The molecular formula is C16H22ClNO2. The second-order valence-electron chi connectivity index (χ2n) is 5.24. The van der Waals surface area contributed by atoms with Gasteiger partial charge in [-0.1, -0.05) is 25.4 Å². The van der Waals surface area contributed by atoms with E-state index in [4.69, 9.17) is 20.8 Å². The summed E-state index contributed by atoms with van der Waals surface area (Å²) in [7, 11) is 1.74. The number of fused-ring (bicyclic) bond motifs is 1. The zero-order chi connectivity index (χ0) is 14.5. The van der Waals surface area contributed by atoms with E-state index in [0.29, 0.717) is 5.92 Å². The van der Waals surface area contributed by atoms with Crippen LogP contribution in [-0.2, 0) is 4.74 Å². The SMILES string of the molecule is CCNC(CC(C)COC)c1cc2cc(Cl)ccc2o1. The summed E-state index contributed by atoms with van der Waals surface area (Å²) in [5.41, 5.74) is 0.881. The van der Waals surface area contributed by atoms with Gasteiger partial charge >= 0.3 is 0 Å². The van der Waals surface area contributed by atoms with Crippen molar-refractivity contribution in [3.63, 3.8) is 0 Å². The molecular weight excluding hydrogens is 274 g/mol. The van der Waals surface area contributed by atoms with Gasteiger partial charge in [0.1, 0.15) is 11.3 Å². The van der Waals surface area contributed by atoms with E-state index in [-0.39, 0.29) is 6.04 Å². The van der Waals surface area contributed by atoms with E-state index in [2.05, 4.69) is 25.2 Å². The first-order chi connectivity index (χ1) is 9.63. The van der Waals surface area contributed by atoms with E-state index < -0.39 is 0 Å². The lowest BCUT2D eigenvalue weighted by molar-refractivity contribution is 0.147. The normalized spacial score (nSPS) is 14.6. The van der Waals surface area contributed by atoms with Gasteiger partial charge in [0.15, 0.2) is 0 Å². The third-order valence-corrected chi connectivity index (χ3v) is 3.62. The van der Waals surface area contributed by atoms with Crippen LogP contribution in [0.2, 0.25) is 5.02 Å². The quantitative estimate of drug-likeness (QED) is 0.821. The number of nitrogens with one attached hydrogen (secondary N) is 1. The Labute approximate surface area is 125 Å². The highest BCUT2D eigenvalue weighted by molar-refractivity contribution is 6.31. The van der Waals surface area contributed by atoms with Crippen LogP contribution in [0.15, 0.2) is 28.7 Å². The van der Waals surface area contributed by atoms with Crippen LogP contribution in [0.25, 0.3) is 11.0 Å². The van der Waals surface area contributed by atoms with Crippen molar-refractivity contribution in [3.05, 3.63) is 35.0 Å². The van der Waals surface area contributed by atoms with Gasteiger partial charge in [-0.3, -0.25) is 0 Å². The third kappa shape index (κ3) is 3.75. The van der Waals surface area contributed by atoms with Crippen molar-refractivity contribution in [2.24, 2.45) is 5.92 Å². The molecule has 0 fully saturated rings. The Morgan fingerprint density at radius 1 is 1.35 bits per heavy atom. The van der Waals surface area contributed by atoms with Gasteiger partial charge in [-0.25, -0.2) is 0 Å². The zero-order valence-electron chi connectivity index (χ0n) is 12.3. The molecule has 1 heterocycles. The van der Waals surface area contributed by atoms with Crippen LogP contribution < -0.4 is 5.32 Å². The number of methoxy groups -OCH3 is 1. The molecule has 3 nitrogen and oxygen atoms in total. The predicted octanol–water partition coefficient (Wildman–Crippen LogP) is 4.41. The Bertz CT molecular complexity index is 552. The van der Waals surface area contributed by atoms with Crippen LogP contribution in [-0.4, -0.2) is 20.3 Å².